The average Bonchev–Trinajstić information content (AvgIpc) is 3.51. The minimum Gasteiger partial charge on any atom is -0.445 e. The predicted octanol–water partition coefficient (Wildman–Crippen LogP) is 9.55. The van der Waals surface area contributed by atoms with E-state index in [-0.39, 0.29) is 37.8 Å². The molecule has 0 spiro atoms. The molecule has 2 fully saturated rings. The average molecular weight is 784 g/mol. The van der Waals surface area contributed by atoms with E-state index in [2.05, 4.69) is 31.0 Å². The summed E-state index contributed by atoms with van der Waals surface area (Å²) in [7, 11) is 0. The molecule has 57 heavy (non-hydrogen) atoms. The lowest BCUT2D eigenvalue weighted by atomic mass is 9.90. The zero-order valence-corrected chi connectivity index (χ0v) is 34.4. The summed E-state index contributed by atoms with van der Waals surface area (Å²) in [5, 5.41) is 12.3. The van der Waals surface area contributed by atoms with Crippen LogP contribution in [0.1, 0.15) is 139 Å². The van der Waals surface area contributed by atoms with Crippen LogP contribution in [0.3, 0.4) is 0 Å². The van der Waals surface area contributed by atoms with Crippen LogP contribution in [0.2, 0.25) is 0 Å². The molecule has 0 bridgehead atoms. The first-order valence-electron chi connectivity index (χ1n) is 21.5. The van der Waals surface area contributed by atoms with E-state index in [9.17, 15) is 19.5 Å². The van der Waals surface area contributed by atoms with Crippen LogP contribution >= 0.6 is 0 Å². The number of aliphatic hydroxyl groups is 1. The van der Waals surface area contributed by atoms with Crippen molar-refractivity contribution in [2.24, 2.45) is 5.92 Å². The van der Waals surface area contributed by atoms with E-state index in [4.69, 9.17) is 14.2 Å². The lowest BCUT2D eigenvalue weighted by Gasteiger charge is -2.43. The second-order valence-electron chi connectivity index (χ2n) is 15.8. The molecular formula is C47H65N3O7. The first kappa shape index (κ1) is 44.0. The molecule has 0 aromatic heterocycles. The minimum absolute atomic E-state index is 0.0243. The third kappa shape index (κ3) is 13.2. The second kappa shape index (κ2) is 23.3. The number of imide groups is 1. The Bertz CT molecular complexity index is 1650. The lowest BCUT2D eigenvalue weighted by molar-refractivity contribution is -0.276. The maximum absolute atomic E-state index is 13.6. The summed E-state index contributed by atoms with van der Waals surface area (Å²) < 4.78 is 19.0. The number of hydrogen-bond acceptors (Lipinski definition) is 8. The van der Waals surface area contributed by atoms with Gasteiger partial charge in [-0.05, 0) is 54.8 Å². The Hall–Kier alpha value is -4.09. The van der Waals surface area contributed by atoms with Crippen molar-refractivity contribution in [2.45, 2.75) is 142 Å². The Labute approximate surface area is 340 Å². The van der Waals surface area contributed by atoms with Gasteiger partial charge in [0.15, 0.2) is 6.29 Å². The standard InChI is InChI=1S/C47H65N3O7/c1-4-6-8-10-12-17-28-49(29-18-13-11-9-7-5-2)32-42-35(3)44(38-26-24-36(33-51)25-27-38)57-46(56-42)39-22-19-23-40(30-39)50-43(52)31-41(45(50)53)48-47(54)55-34-37-20-15-14-16-21-37/h14-16,19-27,30,35,41-42,44,46,51H,4-13,17-18,28-29,31-34H2,1-3H3,(H,48,54). The Morgan fingerprint density at radius 2 is 1.44 bits per heavy atom. The maximum atomic E-state index is 13.6. The molecule has 5 atom stereocenters. The highest BCUT2D eigenvalue weighted by atomic mass is 16.7. The summed E-state index contributed by atoms with van der Waals surface area (Å²) in [6.07, 6.45) is 12.8. The number of rotatable bonds is 23. The highest BCUT2D eigenvalue weighted by molar-refractivity contribution is 6.22. The fourth-order valence-electron chi connectivity index (χ4n) is 7.84. The molecule has 2 heterocycles. The van der Waals surface area contributed by atoms with E-state index in [0.717, 1.165) is 54.1 Å². The highest BCUT2D eigenvalue weighted by Gasteiger charge is 2.42. The Kier molecular flexibility index (Phi) is 18.0. The second-order valence-corrected chi connectivity index (χ2v) is 15.8. The molecule has 310 valence electrons. The number of alkyl carbamates (subject to hydrolysis) is 1. The molecule has 0 saturated carbocycles. The fraction of sp³-hybridized carbons (Fsp3) is 0.553. The summed E-state index contributed by atoms with van der Waals surface area (Å²) in [5.74, 6) is -0.909. The van der Waals surface area contributed by atoms with Crippen LogP contribution in [0.15, 0.2) is 78.9 Å². The lowest BCUT2D eigenvalue weighted by Crippen LogP contribution is -2.45. The van der Waals surface area contributed by atoms with Crippen LogP contribution in [0, 0.1) is 5.92 Å². The van der Waals surface area contributed by atoms with Crippen molar-refractivity contribution in [1.29, 1.82) is 0 Å². The summed E-state index contributed by atoms with van der Waals surface area (Å²) in [4.78, 5) is 43.2. The number of amides is 3. The van der Waals surface area contributed by atoms with E-state index in [1.165, 1.54) is 64.2 Å². The number of nitrogens with one attached hydrogen (secondary N) is 1. The van der Waals surface area contributed by atoms with Crippen molar-refractivity contribution in [3.63, 3.8) is 0 Å². The highest BCUT2D eigenvalue weighted by Crippen LogP contribution is 2.42. The van der Waals surface area contributed by atoms with Gasteiger partial charge in [0.25, 0.3) is 5.91 Å². The molecule has 2 aliphatic rings. The Balaban J connectivity index is 1.31. The molecule has 3 aromatic carbocycles. The molecule has 2 saturated heterocycles. The Morgan fingerprint density at radius 3 is 2.09 bits per heavy atom. The normalized spacial score (nSPS) is 21.0. The quantitative estimate of drug-likeness (QED) is 0.0722. The van der Waals surface area contributed by atoms with Gasteiger partial charge in [-0.25, -0.2) is 9.69 Å². The Morgan fingerprint density at radius 1 is 0.789 bits per heavy atom. The van der Waals surface area contributed by atoms with Crippen LogP contribution in [0.4, 0.5) is 10.5 Å². The van der Waals surface area contributed by atoms with Crippen LogP contribution in [0.25, 0.3) is 0 Å². The number of aliphatic hydroxyl groups excluding tert-OH is 1. The van der Waals surface area contributed by atoms with Gasteiger partial charge in [-0.1, -0.05) is 152 Å². The topological polar surface area (TPSA) is 118 Å². The minimum atomic E-state index is -1.03. The fourth-order valence-corrected chi connectivity index (χ4v) is 7.84. The first-order valence-corrected chi connectivity index (χ1v) is 21.5. The van der Waals surface area contributed by atoms with Gasteiger partial charge in [-0.2, -0.15) is 0 Å². The van der Waals surface area contributed by atoms with E-state index in [1.54, 1.807) is 18.2 Å². The number of ether oxygens (including phenoxy) is 3. The van der Waals surface area contributed by atoms with Gasteiger partial charge in [0.1, 0.15) is 12.6 Å². The molecule has 5 unspecified atom stereocenters. The summed E-state index contributed by atoms with van der Waals surface area (Å²) in [6.45, 7) is 9.54. The molecule has 2 aliphatic heterocycles. The van der Waals surface area contributed by atoms with Gasteiger partial charge in [0.2, 0.25) is 5.91 Å². The van der Waals surface area contributed by atoms with E-state index in [1.807, 2.05) is 60.7 Å². The zero-order valence-electron chi connectivity index (χ0n) is 34.4. The summed E-state index contributed by atoms with van der Waals surface area (Å²) in [5.41, 5.74) is 3.74. The molecule has 10 heteroatoms. The monoisotopic (exact) mass is 783 g/mol. The number of hydrogen-bond donors (Lipinski definition) is 2. The van der Waals surface area contributed by atoms with Gasteiger partial charge in [0, 0.05) is 18.0 Å². The number of carbonyl (C=O) groups excluding carboxylic acids is 3. The molecule has 0 radical (unpaired) electrons. The molecule has 10 nitrogen and oxygen atoms in total. The summed E-state index contributed by atoms with van der Waals surface area (Å²) in [6, 6.07) is 23.3. The number of nitrogens with zero attached hydrogens (tertiary/aromatic N) is 2. The van der Waals surface area contributed by atoms with Gasteiger partial charge >= 0.3 is 6.09 Å². The first-order chi connectivity index (χ1) is 27.8. The van der Waals surface area contributed by atoms with E-state index >= 15 is 0 Å². The molecule has 2 N–H and O–H groups in total. The largest absolute Gasteiger partial charge is 0.445 e. The van der Waals surface area contributed by atoms with Crippen molar-refractivity contribution in [3.8, 4) is 0 Å². The number of anilines is 1. The predicted molar refractivity (Wildman–Crippen MR) is 223 cm³/mol. The zero-order chi connectivity index (χ0) is 40.4. The van der Waals surface area contributed by atoms with Crippen LogP contribution in [0.5, 0.6) is 0 Å². The van der Waals surface area contributed by atoms with Crippen molar-refractivity contribution < 1.29 is 33.7 Å². The van der Waals surface area contributed by atoms with Crippen molar-refractivity contribution in [1.82, 2.24) is 10.2 Å². The van der Waals surface area contributed by atoms with Crippen LogP contribution < -0.4 is 10.2 Å². The van der Waals surface area contributed by atoms with Crippen molar-refractivity contribution in [2.75, 3.05) is 24.5 Å². The molecule has 0 aliphatic carbocycles. The SMILES string of the molecule is CCCCCCCCN(CCCCCCCC)CC1OC(c2cccc(N3C(=O)CC(NC(=O)OCc4ccccc4)C3=O)c2)OC(c2ccc(CO)cc2)C1C. The van der Waals surface area contributed by atoms with Crippen LogP contribution in [-0.2, 0) is 37.0 Å². The number of benzene rings is 3. The third-order valence-corrected chi connectivity index (χ3v) is 11.3. The third-order valence-electron chi connectivity index (χ3n) is 11.3. The molecule has 3 amide bonds. The molecule has 3 aromatic rings. The van der Waals surface area contributed by atoms with E-state index in [0.29, 0.717) is 11.3 Å². The van der Waals surface area contributed by atoms with Crippen LogP contribution in [-0.4, -0.2) is 59.7 Å². The molecular weight excluding hydrogens is 719 g/mol. The smallest absolute Gasteiger partial charge is 0.408 e. The van der Waals surface area contributed by atoms with E-state index < -0.39 is 30.2 Å². The number of unbranched alkanes of at least 4 members (excludes halogenated alkanes) is 10. The van der Waals surface area contributed by atoms with Gasteiger partial charge in [-0.15, -0.1) is 0 Å². The summed E-state index contributed by atoms with van der Waals surface area (Å²) >= 11 is 0. The van der Waals surface area contributed by atoms with Gasteiger partial charge < -0.3 is 29.5 Å². The molecule has 5 rings (SSSR count). The van der Waals surface area contributed by atoms with Gasteiger partial charge in [0.05, 0.1) is 30.9 Å². The van der Waals surface area contributed by atoms with Crippen molar-refractivity contribution in [3.05, 3.63) is 101 Å². The van der Waals surface area contributed by atoms with Crippen molar-refractivity contribution >= 4 is 23.6 Å². The van der Waals surface area contributed by atoms with Gasteiger partial charge in [-0.3, -0.25) is 9.59 Å². The number of carbonyl (C=O) groups is 3. The maximum Gasteiger partial charge on any atom is 0.408 e.